The van der Waals surface area contributed by atoms with Crippen LogP contribution in [0.15, 0.2) is 59.0 Å². The Bertz CT molecular complexity index is 1200. The highest BCUT2D eigenvalue weighted by Crippen LogP contribution is 2.36. The third-order valence-corrected chi connectivity index (χ3v) is 7.01. The smallest absolute Gasteiger partial charge is 0.327 e. The van der Waals surface area contributed by atoms with E-state index in [1.807, 2.05) is 4.90 Å². The predicted octanol–water partition coefficient (Wildman–Crippen LogP) is 4.61. The number of rotatable bonds is 10. The van der Waals surface area contributed by atoms with Crippen LogP contribution in [0, 0.1) is 0 Å². The lowest BCUT2D eigenvalue weighted by molar-refractivity contribution is -0.147. The Morgan fingerprint density at radius 3 is 2.74 bits per heavy atom. The molecule has 1 atom stereocenters. The van der Waals surface area contributed by atoms with Gasteiger partial charge in [-0.1, -0.05) is 41.9 Å². The molecule has 9 heteroatoms. The number of aliphatic carboxylic acids is 1. The highest BCUT2D eigenvalue weighted by molar-refractivity contribution is 8.03. The Balaban J connectivity index is 1.79. The molecule has 1 heterocycles. The second-order valence-corrected chi connectivity index (χ2v) is 9.08. The highest BCUT2D eigenvalue weighted by atomic mass is 35.5. The molecule has 0 bridgehead atoms. The van der Waals surface area contributed by atoms with Gasteiger partial charge in [-0.05, 0) is 40.7 Å². The van der Waals surface area contributed by atoms with Gasteiger partial charge in [0, 0.05) is 23.7 Å². The van der Waals surface area contributed by atoms with Crippen molar-refractivity contribution >= 4 is 41.1 Å². The Morgan fingerprint density at radius 2 is 2.03 bits per heavy atom. The third-order valence-electron chi connectivity index (χ3n) is 5.42. The number of ketones is 1. The highest BCUT2D eigenvalue weighted by Gasteiger charge is 2.34. The van der Waals surface area contributed by atoms with Gasteiger partial charge >= 0.3 is 11.9 Å². The Hall–Kier alpha value is -2.81. The lowest BCUT2D eigenvalue weighted by Gasteiger charge is -2.35. The molecule has 0 saturated heterocycles. The molecule has 0 radical (unpaired) electrons. The first-order valence-electron chi connectivity index (χ1n) is 11.9. The molecule has 2 aromatic rings. The number of nitrogens with zero attached hydrogens (tertiary/aromatic N) is 1. The van der Waals surface area contributed by atoms with Crippen molar-refractivity contribution in [3.05, 3.63) is 75.2 Å². The maximum Gasteiger partial charge on any atom is 0.327 e. The van der Waals surface area contributed by atoms with Crippen molar-refractivity contribution in [2.75, 3.05) is 33.0 Å². The molecule has 0 aromatic heterocycles. The fraction of sp³-hybridized carbons (Fsp3) is 0.320. The number of hydrogen-bond donors (Lipinski definition) is 1. The lowest BCUT2D eigenvalue weighted by Crippen LogP contribution is -2.40. The number of carbonyl (C=O) groups is 3. The second-order valence-electron chi connectivity index (χ2n) is 7.61. The molecule has 0 fully saturated rings. The summed E-state index contributed by atoms with van der Waals surface area (Å²) in [6, 6.07) is 12.0. The second kappa shape index (κ2) is 12.1. The molecule has 2 aromatic carbocycles. The van der Waals surface area contributed by atoms with Crippen molar-refractivity contribution in [2.24, 2.45) is 0 Å². The molecule has 0 spiro atoms. The number of thioether (sulfide) groups is 1. The molecule has 1 aliphatic rings. The molecule has 34 heavy (non-hydrogen) atoms. The van der Waals surface area contributed by atoms with Gasteiger partial charge in [0.15, 0.2) is 5.78 Å². The minimum Gasteiger partial charge on any atom is -0.497 e. The summed E-state index contributed by atoms with van der Waals surface area (Å²) in [4.78, 5) is 39.7. The molecular weight excluding hydrogens is 479 g/mol. The summed E-state index contributed by atoms with van der Waals surface area (Å²) in [5, 5.41) is 9.90. The van der Waals surface area contributed by atoms with Crippen LogP contribution in [0.3, 0.4) is 0 Å². The van der Waals surface area contributed by atoms with Crippen molar-refractivity contribution < 1.29 is 33.1 Å². The van der Waals surface area contributed by atoms with Gasteiger partial charge in [0.25, 0.3) is 0 Å². The van der Waals surface area contributed by atoms with Crippen molar-refractivity contribution in [3.63, 3.8) is 0 Å². The van der Waals surface area contributed by atoms with E-state index >= 15 is 0 Å². The number of carboxylic acid groups (broad SMARTS) is 1. The summed E-state index contributed by atoms with van der Waals surface area (Å²) in [6.45, 7) is 0.613. The molecule has 0 saturated carbocycles. The summed E-state index contributed by atoms with van der Waals surface area (Å²) in [6.07, 6.45) is 0.187. The Kier molecular flexibility index (Phi) is 7.70. The van der Waals surface area contributed by atoms with E-state index in [-0.39, 0.29) is 35.8 Å². The Labute approximate surface area is 211 Å². The number of hydrogen-bond acceptors (Lipinski definition) is 7. The van der Waals surface area contributed by atoms with Crippen LogP contribution in [0.2, 0.25) is 5.02 Å². The van der Waals surface area contributed by atoms with Gasteiger partial charge in [0.05, 0.1) is 30.4 Å². The maximum atomic E-state index is 12.8. The molecular formula is C25H26ClNO6S. The van der Waals surface area contributed by atoms with Crippen LogP contribution in [-0.4, -0.2) is 60.7 Å². The summed E-state index contributed by atoms with van der Waals surface area (Å²) < 4.78 is 31.5. The molecule has 180 valence electrons. The van der Waals surface area contributed by atoms with E-state index in [2.05, 4.69) is 0 Å². The fourth-order valence-electron chi connectivity index (χ4n) is 3.82. The average Bonchev–Trinajstić information content (AvgIpc) is 2.83. The van der Waals surface area contributed by atoms with Crippen LogP contribution in [0.1, 0.15) is 38.9 Å². The third kappa shape index (κ3) is 6.40. The van der Waals surface area contributed by atoms with Gasteiger partial charge in [0.2, 0.25) is 0 Å². The summed E-state index contributed by atoms with van der Waals surface area (Å²) >= 11 is 7.60. The zero-order valence-electron chi connectivity index (χ0n) is 21.5. The lowest BCUT2D eigenvalue weighted by atomic mass is 10.00. The quantitative estimate of drug-likeness (QED) is 0.283. The number of halogens is 1. The van der Waals surface area contributed by atoms with Crippen molar-refractivity contribution in [2.45, 2.75) is 18.9 Å². The predicted molar refractivity (Wildman–Crippen MR) is 131 cm³/mol. The van der Waals surface area contributed by atoms with Gasteiger partial charge < -0.3 is 14.6 Å². The first-order valence-corrected chi connectivity index (χ1v) is 11.8. The van der Waals surface area contributed by atoms with E-state index in [4.69, 9.17) is 25.2 Å². The SMILES string of the molecule is [2H][13C]([2H])([2H])Oc1cccc(C(=O)CSC2=C(CC(=O)O)CN(C(C(=O)OC)c3ccccc3Cl)CC2)c1. The van der Waals surface area contributed by atoms with E-state index in [9.17, 15) is 19.5 Å². The van der Waals surface area contributed by atoms with Crippen LogP contribution < -0.4 is 4.74 Å². The zero-order chi connectivity index (χ0) is 27.2. The summed E-state index contributed by atoms with van der Waals surface area (Å²) in [5.41, 5.74) is 1.45. The zero-order valence-corrected chi connectivity index (χ0v) is 20.0. The fourth-order valence-corrected chi connectivity index (χ4v) is 5.10. The molecule has 3 rings (SSSR count). The van der Waals surface area contributed by atoms with Gasteiger partial charge in [-0.2, -0.15) is 0 Å². The van der Waals surface area contributed by atoms with E-state index in [1.54, 1.807) is 30.3 Å². The first kappa shape index (κ1) is 21.7. The number of esters is 1. The monoisotopic (exact) mass is 507 g/mol. The minimum atomic E-state index is -2.63. The van der Waals surface area contributed by atoms with Crippen LogP contribution in [-0.2, 0) is 14.3 Å². The molecule has 1 N–H and O–H groups in total. The number of carboxylic acids is 1. The molecule has 0 amide bonds. The Morgan fingerprint density at radius 1 is 1.24 bits per heavy atom. The van der Waals surface area contributed by atoms with Crippen LogP contribution in [0.4, 0.5) is 0 Å². The average molecular weight is 508 g/mol. The van der Waals surface area contributed by atoms with Crippen LogP contribution in [0.25, 0.3) is 0 Å². The number of Topliss-reactive ketones (excluding diaryl/α,β-unsaturated/α-hetero) is 1. The minimum absolute atomic E-state index is 0.0284. The first-order chi connectivity index (χ1) is 17.5. The molecule has 1 aliphatic heterocycles. The summed E-state index contributed by atoms with van der Waals surface area (Å²) in [7, 11) is -1.35. The summed E-state index contributed by atoms with van der Waals surface area (Å²) in [5.74, 6) is -1.70. The topological polar surface area (TPSA) is 93.1 Å². The number of carbonyl (C=O) groups excluding carboxylic acids is 2. The van der Waals surface area contributed by atoms with Crippen molar-refractivity contribution in [1.82, 2.24) is 4.90 Å². The van der Waals surface area contributed by atoms with Gasteiger partial charge in [-0.3, -0.25) is 14.5 Å². The van der Waals surface area contributed by atoms with E-state index in [0.29, 0.717) is 29.1 Å². The molecule has 1 unspecified atom stereocenters. The molecule has 0 aliphatic carbocycles. The van der Waals surface area contributed by atoms with Gasteiger partial charge in [-0.15, -0.1) is 11.8 Å². The number of methoxy groups -OCH3 is 2. The van der Waals surface area contributed by atoms with Gasteiger partial charge in [-0.25, -0.2) is 4.79 Å². The van der Waals surface area contributed by atoms with E-state index in [0.717, 1.165) is 4.91 Å². The standard InChI is InChI=1S/C25H26ClNO6S/c1-32-18-7-5-6-16(12-18)21(28)15-34-22-10-11-27(14-17(22)13-23(29)30)24(25(31)33-2)19-8-3-4-9-20(19)26/h3-9,12,24H,10-11,13-15H2,1-2H3,(H,29,30)/i1+1D3. The number of benzene rings is 2. The maximum absolute atomic E-state index is 12.8. The van der Waals surface area contributed by atoms with E-state index in [1.165, 1.54) is 37.1 Å². The molecule has 7 nitrogen and oxygen atoms in total. The van der Waals surface area contributed by atoms with Crippen molar-refractivity contribution in [3.8, 4) is 5.75 Å². The van der Waals surface area contributed by atoms with Crippen molar-refractivity contribution in [1.29, 1.82) is 0 Å². The number of ether oxygens (including phenoxy) is 2. The van der Waals surface area contributed by atoms with Crippen LogP contribution in [0.5, 0.6) is 5.75 Å². The van der Waals surface area contributed by atoms with Gasteiger partial charge in [0.1, 0.15) is 11.8 Å². The van der Waals surface area contributed by atoms with Crippen LogP contribution >= 0.6 is 23.4 Å². The van der Waals surface area contributed by atoms with E-state index < -0.39 is 25.0 Å². The largest absolute Gasteiger partial charge is 0.497 e. The normalized spacial score (nSPS) is 16.7.